The van der Waals surface area contributed by atoms with Crippen LogP contribution in [0.25, 0.3) is 0 Å². The van der Waals surface area contributed by atoms with Crippen molar-refractivity contribution in [3.63, 3.8) is 0 Å². The highest BCUT2D eigenvalue weighted by atomic mass is 127. The molecule has 28 heavy (non-hydrogen) atoms. The molecule has 0 spiro atoms. The van der Waals surface area contributed by atoms with Crippen molar-refractivity contribution in [2.24, 2.45) is 12.0 Å². The molecule has 6 nitrogen and oxygen atoms in total. The molecule has 1 fully saturated rings. The molecular weight excluding hydrogens is 465 g/mol. The van der Waals surface area contributed by atoms with Crippen LogP contribution in [0.3, 0.4) is 0 Å². The molecule has 1 saturated carbocycles. The van der Waals surface area contributed by atoms with Gasteiger partial charge in [-0.15, -0.1) is 24.0 Å². The van der Waals surface area contributed by atoms with E-state index in [9.17, 15) is 0 Å². The standard InChI is InChI=1S/C21H39N5O.HI/c1-6-22-21(23-13-10-14-27-19-11-8-7-9-12-19)25(4)15-18-16-26(5)24-20(18)17(2)3;/h16-17,19H,6-15H2,1-5H3,(H,22,23);1H. The van der Waals surface area contributed by atoms with Crippen LogP contribution in [0.5, 0.6) is 0 Å². The SMILES string of the molecule is CCNC(=NCCCOC1CCCCC1)N(C)Cc1cn(C)nc1C(C)C.I. The summed E-state index contributed by atoms with van der Waals surface area (Å²) in [5.41, 5.74) is 2.43. The van der Waals surface area contributed by atoms with Crippen molar-refractivity contribution in [3.05, 3.63) is 17.5 Å². The molecule has 0 aliphatic heterocycles. The number of rotatable bonds is 9. The number of guanidine groups is 1. The highest BCUT2D eigenvalue weighted by Crippen LogP contribution is 2.20. The summed E-state index contributed by atoms with van der Waals surface area (Å²) >= 11 is 0. The first-order valence-electron chi connectivity index (χ1n) is 10.6. The fourth-order valence-corrected chi connectivity index (χ4v) is 3.69. The smallest absolute Gasteiger partial charge is 0.193 e. The van der Waals surface area contributed by atoms with Crippen LogP contribution in [-0.2, 0) is 18.3 Å². The molecule has 0 aromatic carbocycles. The summed E-state index contributed by atoms with van der Waals surface area (Å²) < 4.78 is 7.92. The maximum Gasteiger partial charge on any atom is 0.193 e. The molecule has 2 rings (SSSR count). The van der Waals surface area contributed by atoms with Gasteiger partial charge in [0.05, 0.1) is 11.8 Å². The van der Waals surface area contributed by atoms with Crippen LogP contribution in [-0.4, -0.2) is 53.5 Å². The molecule has 1 N–H and O–H groups in total. The number of ether oxygens (including phenoxy) is 1. The van der Waals surface area contributed by atoms with Gasteiger partial charge in [-0.1, -0.05) is 33.1 Å². The Morgan fingerprint density at radius 1 is 1.36 bits per heavy atom. The Labute approximate surface area is 188 Å². The third kappa shape index (κ3) is 8.27. The predicted octanol–water partition coefficient (Wildman–Crippen LogP) is 4.30. The summed E-state index contributed by atoms with van der Waals surface area (Å²) in [6, 6.07) is 0. The average molecular weight is 505 g/mol. The number of aromatic nitrogens is 2. The zero-order valence-corrected chi connectivity index (χ0v) is 20.7. The van der Waals surface area contributed by atoms with Gasteiger partial charge in [-0.3, -0.25) is 9.67 Å². The molecule has 1 aliphatic rings. The minimum absolute atomic E-state index is 0. The Kier molecular flexibility index (Phi) is 12.1. The van der Waals surface area contributed by atoms with Crippen molar-refractivity contribution >= 4 is 29.9 Å². The molecule has 162 valence electrons. The lowest BCUT2D eigenvalue weighted by Crippen LogP contribution is -2.38. The molecule has 7 heteroatoms. The van der Waals surface area contributed by atoms with E-state index in [1.807, 2.05) is 11.7 Å². The zero-order valence-electron chi connectivity index (χ0n) is 18.4. The van der Waals surface area contributed by atoms with Crippen LogP contribution in [0.4, 0.5) is 0 Å². The molecule has 0 atom stereocenters. The largest absolute Gasteiger partial charge is 0.378 e. The molecule has 1 aromatic heterocycles. The second-order valence-electron chi connectivity index (χ2n) is 7.94. The molecule has 1 heterocycles. The summed E-state index contributed by atoms with van der Waals surface area (Å²) in [5, 5.41) is 8.02. The Morgan fingerprint density at radius 2 is 2.07 bits per heavy atom. The first kappa shape index (κ1) is 25.2. The van der Waals surface area contributed by atoms with E-state index in [0.29, 0.717) is 12.0 Å². The Morgan fingerprint density at radius 3 is 2.71 bits per heavy atom. The van der Waals surface area contributed by atoms with E-state index >= 15 is 0 Å². The van der Waals surface area contributed by atoms with Gasteiger partial charge >= 0.3 is 0 Å². The monoisotopic (exact) mass is 505 g/mol. The highest BCUT2D eigenvalue weighted by Gasteiger charge is 2.15. The lowest BCUT2D eigenvalue weighted by atomic mass is 9.98. The second-order valence-corrected chi connectivity index (χ2v) is 7.94. The van der Waals surface area contributed by atoms with E-state index < -0.39 is 0 Å². The van der Waals surface area contributed by atoms with Crippen molar-refractivity contribution in [1.29, 1.82) is 0 Å². The van der Waals surface area contributed by atoms with Gasteiger partial charge < -0.3 is 15.0 Å². The van der Waals surface area contributed by atoms with Crippen LogP contribution in [0.2, 0.25) is 0 Å². The summed E-state index contributed by atoms with van der Waals surface area (Å²) in [6.07, 6.45) is 10.1. The van der Waals surface area contributed by atoms with Gasteiger partial charge in [0.25, 0.3) is 0 Å². The minimum Gasteiger partial charge on any atom is -0.378 e. The number of nitrogens with zero attached hydrogens (tertiary/aromatic N) is 4. The number of aliphatic imine (C=N–C) groups is 1. The van der Waals surface area contributed by atoms with Gasteiger partial charge in [0.2, 0.25) is 0 Å². The number of hydrogen-bond donors (Lipinski definition) is 1. The third-order valence-electron chi connectivity index (χ3n) is 5.06. The Balaban J connectivity index is 0.00000392. The average Bonchev–Trinajstić information content (AvgIpc) is 3.02. The van der Waals surface area contributed by atoms with Crippen molar-refractivity contribution < 1.29 is 4.74 Å². The van der Waals surface area contributed by atoms with Crippen LogP contribution in [0, 0.1) is 0 Å². The van der Waals surface area contributed by atoms with Gasteiger partial charge in [-0.25, -0.2) is 0 Å². The van der Waals surface area contributed by atoms with Gasteiger partial charge in [0.1, 0.15) is 0 Å². The number of aryl methyl sites for hydroxylation is 1. The van der Waals surface area contributed by atoms with Crippen molar-refractivity contribution in [3.8, 4) is 0 Å². The molecular formula is C21H40IN5O. The zero-order chi connectivity index (χ0) is 19.6. The van der Waals surface area contributed by atoms with E-state index in [1.54, 1.807) is 0 Å². The van der Waals surface area contributed by atoms with Gasteiger partial charge in [0, 0.05) is 52.1 Å². The topological polar surface area (TPSA) is 54.7 Å². The predicted molar refractivity (Wildman–Crippen MR) is 128 cm³/mol. The summed E-state index contributed by atoms with van der Waals surface area (Å²) in [4.78, 5) is 6.99. The van der Waals surface area contributed by atoms with Crippen molar-refractivity contribution in [2.45, 2.75) is 77.9 Å². The van der Waals surface area contributed by atoms with Crippen LogP contribution in [0.15, 0.2) is 11.2 Å². The number of hydrogen-bond acceptors (Lipinski definition) is 3. The fraction of sp³-hybridized carbons (Fsp3) is 0.810. The van der Waals surface area contributed by atoms with Gasteiger partial charge in [-0.05, 0) is 32.1 Å². The Bertz CT molecular complexity index is 581. The van der Waals surface area contributed by atoms with E-state index in [0.717, 1.165) is 38.6 Å². The lowest BCUT2D eigenvalue weighted by Gasteiger charge is -2.23. The van der Waals surface area contributed by atoms with E-state index in [4.69, 9.17) is 9.73 Å². The van der Waals surface area contributed by atoms with Crippen LogP contribution in [0.1, 0.15) is 76.5 Å². The summed E-state index contributed by atoms with van der Waals surface area (Å²) in [5.74, 6) is 1.37. The van der Waals surface area contributed by atoms with Crippen molar-refractivity contribution in [1.82, 2.24) is 20.0 Å². The first-order valence-corrected chi connectivity index (χ1v) is 10.6. The minimum atomic E-state index is 0. The fourth-order valence-electron chi connectivity index (χ4n) is 3.69. The van der Waals surface area contributed by atoms with Gasteiger partial charge in [-0.2, -0.15) is 5.10 Å². The third-order valence-corrected chi connectivity index (χ3v) is 5.06. The first-order chi connectivity index (χ1) is 13.0. The molecule has 0 unspecified atom stereocenters. The quantitative estimate of drug-likeness (QED) is 0.235. The van der Waals surface area contributed by atoms with E-state index in [2.05, 4.69) is 49.3 Å². The summed E-state index contributed by atoms with van der Waals surface area (Å²) in [6.45, 7) is 9.78. The van der Waals surface area contributed by atoms with Crippen molar-refractivity contribution in [2.75, 3.05) is 26.7 Å². The molecule has 0 amide bonds. The second kappa shape index (κ2) is 13.4. The van der Waals surface area contributed by atoms with Crippen LogP contribution >= 0.6 is 24.0 Å². The molecule has 0 saturated heterocycles. The van der Waals surface area contributed by atoms with E-state index in [-0.39, 0.29) is 24.0 Å². The normalized spacial score (nSPS) is 15.6. The molecule has 1 aromatic rings. The summed E-state index contributed by atoms with van der Waals surface area (Å²) in [7, 11) is 4.08. The molecule has 1 aliphatic carbocycles. The lowest BCUT2D eigenvalue weighted by molar-refractivity contribution is 0.0281. The molecule has 0 radical (unpaired) electrons. The number of halogens is 1. The van der Waals surface area contributed by atoms with Crippen LogP contribution < -0.4 is 5.32 Å². The molecule has 0 bridgehead atoms. The maximum atomic E-state index is 6.01. The van der Waals surface area contributed by atoms with Gasteiger partial charge in [0.15, 0.2) is 5.96 Å². The highest BCUT2D eigenvalue weighted by molar-refractivity contribution is 14.0. The Hall–Kier alpha value is -0.830. The number of nitrogens with one attached hydrogen (secondary N) is 1. The maximum absolute atomic E-state index is 6.01. The van der Waals surface area contributed by atoms with E-state index in [1.165, 1.54) is 43.4 Å².